The lowest BCUT2D eigenvalue weighted by molar-refractivity contribution is 0.100. The van der Waals surface area contributed by atoms with E-state index in [0.29, 0.717) is 36.0 Å². The molecule has 2 aromatic carbocycles. The van der Waals surface area contributed by atoms with Crippen LogP contribution in [0.25, 0.3) is 11.0 Å². The second kappa shape index (κ2) is 11.7. The van der Waals surface area contributed by atoms with E-state index >= 15 is 0 Å². The molecule has 4 heterocycles. The zero-order valence-electron chi connectivity index (χ0n) is 22.6. The quantitative estimate of drug-likeness (QED) is 0.284. The van der Waals surface area contributed by atoms with Gasteiger partial charge >= 0.3 is 0 Å². The molecule has 1 fully saturated rings. The fraction of sp³-hybridized carbons (Fsp3) is 0.233. The fourth-order valence-electron chi connectivity index (χ4n) is 4.97. The van der Waals surface area contributed by atoms with Crippen molar-refractivity contribution in [3.63, 3.8) is 0 Å². The molecule has 212 valence electrons. The Balaban J connectivity index is 1.12. The maximum Gasteiger partial charge on any atom is 0.248 e. The van der Waals surface area contributed by atoms with Crippen LogP contribution >= 0.6 is 0 Å². The molecule has 0 spiro atoms. The van der Waals surface area contributed by atoms with Crippen LogP contribution in [0.3, 0.4) is 0 Å². The highest BCUT2D eigenvalue weighted by Gasteiger charge is 2.22. The van der Waals surface area contributed by atoms with Gasteiger partial charge in [0, 0.05) is 43.4 Å². The molecule has 11 nitrogen and oxygen atoms in total. The van der Waals surface area contributed by atoms with Crippen LogP contribution in [0.15, 0.2) is 71.5 Å². The number of carbonyl (C=O) groups is 1. The number of rotatable bonds is 9. The highest BCUT2D eigenvalue weighted by atomic mass is 19.1. The second-order valence-electron chi connectivity index (χ2n) is 9.91. The van der Waals surface area contributed by atoms with Crippen LogP contribution in [0.1, 0.15) is 33.2 Å². The van der Waals surface area contributed by atoms with Gasteiger partial charge in [-0.25, -0.2) is 14.4 Å². The number of hydrogen-bond acceptors (Lipinski definition) is 9. The number of oxazole rings is 1. The first-order valence-electron chi connectivity index (χ1n) is 13.4. The molecule has 12 heteroatoms. The van der Waals surface area contributed by atoms with E-state index in [4.69, 9.17) is 25.1 Å². The minimum absolute atomic E-state index is 0.0111. The average Bonchev–Trinajstić information content (AvgIpc) is 3.65. The summed E-state index contributed by atoms with van der Waals surface area (Å²) < 4.78 is 27.5. The fourth-order valence-corrected chi connectivity index (χ4v) is 4.97. The van der Waals surface area contributed by atoms with Gasteiger partial charge in [-0.05, 0) is 36.4 Å². The number of carbonyl (C=O) groups excluding carboxylic acids is 1. The van der Waals surface area contributed by atoms with Gasteiger partial charge in [0.05, 0.1) is 35.4 Å². The van der Waals surface area contributed by atoms with Crippen LogP contribution in [0.5, 0.6) is 5.88 Å². The second-order valence-corrected chi connectivity index (χ2v) is 9.91. The summed E-state index contributed by atoms with van der Waals surface area (Å²) in [6, 6.07) is 17.0. The van der Waals surface area contributed by atoms with Crippen LogP contribution in [0, 0.1) is 17.1 Å². The van der Waals surface area contributed by atoms with Crippen molar-refractivity contribution in [2.24, 2.45) is 5.73 Å². The van der Waals surface area contributed by atoms with Crippen LogP contribution < -0.4 is 15.4 Å². The number of nitriles is 1. The lowest BCUT2D eigenvalue weighted by Crippen LogP contribution is -2.46. The van der Waals surface area contributed by atoms with E-state index in [1.54, 1.807) is 42.6 Å². The van der Waals surface area contributed by atoms with Gasteiger partial charge in [-0.15, -0.1) is 0 Å². The molecule has 42 heavy (non-hydrogen) atoms. The maximum atomic E-state index is 14.2. The molecule has 0 saturated carbocycles. The Labute approximate surface area is 240 Å². The number of pyridine rings is 1. The normalized spacial score (nSPS) is 13.8. The lowest BCUT2D eigenvalue weighted by atomic mass is 10.1. The molecular formula is C30H27FN8O3. The number of halogens is 1. The van der Waals surface area contributed by atoms with Crippen LogP contribution in [0.4, 0.5) is 10.2 Å². The van der Waals surface area contributed by atoms with Gasteiger partial charge in [-0.2, -0.15) is 10.2 Å². The summed E-state index contributed by atoms with van der Waals surface area (Å²) in [5.41, 5.74) is 8.12. The molecule has 0 bridgehead atoms. The molecule has 0 aliphatic carbocycles. The SMILES string of the molecule is N#Cc1ccc(COc2cccc(N3CCN(Cc4nc5ccc(C(N)=O)cc5n4Cc4ncco4)CC3)n2)c(F)c1. The summed E-state index contributed by atoms with van der Waals surface area (Å²) in [7, 11) is 0. The number of fused-ring (bicyclic) bond motifs is 1. The number of piperazine rings is 1. The summed E-state index contributed by atoms with van der Waals surface area (Å²) in [6.07, 6.45) is 3.13. The van der Waals surface area contributed by atoms with Crippen molar-refractivity contribution in [1.82, 2.24) is 24.4 Å². The van der Waals surface area contributed by atoms with Gasteiger partial charge in [-0.3, -0.25) is 9.69 Å². The third kappa shape index (κ3) is 5.77. The van der Waals surface area contributed by atoms with Crippen molar-refractivity contribution < 1.29 is 18.3 Å². The minimum atomic E-state index is -0.497. The summed E-state index contributed by atoms with van der Waals surface area (Å²) >= 11 is 0. The predicted octanol–water partition coefficient (Wildman–Crippen LogP) is 3.48. The number of aromatic nitrogens is 4. The zero-order valence-corrected chi connectivity index (χ0v) is 22.6. The van der Waals surface area contributed by atoms with Gasteiger partial charge in [0.2, 0.25) is 17.7 Å². The van der Waals surface area contributed by atoms with E-state index in [1.807, 2.05) is 22.8 Å². The number of anilines is 1. The van der Waals surface area contributed by atoms with Crippen molar-refractivity contribution in [3.8, 4) is 11.9 Å². The molecule has 0 unspecified atom stereocenters. The Morgan fingerprint density at radius 1 is 1.07 bits per heavy atom. The molecule has 6 rings (SSSR count). The number of primary amides is 1. The summed E-state index contributed by atoms with van der Waals surface area (Å²) in [5, 5.41) is 8.93. The Hall–Kier alpha value is -5.28. The van der Waals surface area contributed by atoms with Crippen molar-refractivity contribution in [3.05, 3.63) is 101 Å². The van der Waals surface area contributed by atoms with Crippen molar-refractivity contribution >= 4 is 22.8 Å². The number of amides is 1. The Kier molecular flexibility index (Phi) is 7.49. The van der Waals surface area contributed by atoms with E-state index in [1.165, 1.54) is 12.3 Å². The van der Waals surface area contributed by atoms with Crippen molar-refractivity contribution in [1.29, 1.82) is 5.26 Å². The Morgan fingerprint density at radius 3 is 2.67 bits per heavy atom. The molecule has 2 N–H and O–H groups in total. The monoisotopic (exact) mass is 566 g/mol. The summed E-state index contributed by atoms with van der Waals surface area (Å²) in [5.74, 6) is 1.57. The molecule has 1 amide bonds. The molecule has 1 saturated heterocycles. The standard InChI is InChI=1S/C30H27FN8O3/c31-23-14-20(16-32)4-5-22(23)19-42-28-3-1-2-26(36-28)38-11-9-37(10-12-38)17-27-35-24-7-6-21(30(33)40)15-25(24)39(27)18-29-34-8-13-41-29/h1-8,13-15H,9-12,17-19H2,(H2,33,40). The van der Waals surface area contributed by atoms with Gasteiger partial charge in [0.15, 0.2) is 0 Å². The topological polar surface area (TPSA) is 139 Å². The van der Waals surface area contributed by atoms with Gasteiger partial charge in [-0.1, -0.05) is 12.1 Å². The van der Waals surface area contributed by atoms with E-state index in [-0.39, 0.29) is 12.2 Å². The van der Waals surface area contributed by atoms with Crippen LogP contribution in [0.2, 0.25) is 0 Å². The first kappa shape index (κ1) is 26.9. The molecule has 1 aliphatic heterocycles. The molecule has 5 aromatic rings. The first-order valence-corrected chi connectivity index (χ1v) is 13.4. The highest BCUT2D eigenvalue weighted by Crippen LogP contribution is 2.23. The molecule has 0 atom stereocenters. The zero-order chi connectivity index (χ0) is 29.1. The highest BCUT2D eigenvalue weighted by molar-refractivity contribution is 5.96. The molecule has 0 radical (unpaired) electrons. The van der Waals surface area contributed by atoms with Gasteiger partial charge < -0.3 is 24.4 Å². The summed E-state index contributed by atoms with van der Waals surface area (Å²) in [6.45, 7) is 4.03. The number of benzene rings is 2. The maximum absolute atomic E-state index is 14.2. The Morgan fingerprint density at radius 2 is 1.93 bits per heavy atom. The first-order chi connectivity index (χ1) is 20.5. The summed E-state index contributed by atoms with van der Waals surface area (Å²) in [4.78, 5) is 30.0. The molecule has 1 aliphatic rings. The van der Waals surface area contributed by atoms with Crippen molar-refractivity contribution in [2.75, 3.05) is 31.1 Å². The largest absolute Gasteiger partial charge is 0.473 e. The third-order valence-electron chi connectivity index (χ3n) is 7.22. The Bertz CT molecular complexity index is 1770. The molecule has 3 aromatic heterocycles. The van der Waals surface area contributed by atoms with E-state index < -0.39 is 11.7 Å². The third-order valence-corrected chi connectivity index (χ3v) is 7.22. The van der Waals surface area contributed by atoms with E-state index in [0.717, 1.165) is 48.9 Å². The average molecular weight is 567 g/mol. The smallest absolute Gasteiger partial charge is 0.248 e. The van der Waals surface area contributed by atoms with Crippen molar-refractivity contribution in [2.45, 2.75) is 19.7 Å². The number of hydrogen-bond donors (Lipinski definition) is 1. The van der Waals surface area contributed by atoms with Crippen LogP contribution in [-0.2, 0) is 19.7 Å². The number of nitrogens with zero attached hydrogens (tertiary/aromatic N) is 7. The minimum Gasteiger partial charge on any atom is -0.473 e. The lowest BCUT2D eigenvalue weighted by Gasteiger charge is -2.35. The van der Waals surface area contributed by atoms with E-state index in [2.05, 4.69) is 19.8 Å². The number of imidazole rings is 1. The van der Waals surface area contributed by atoms with Crippen LogP contribution in [-0.4, -0.2) is 56.5 Å². The number of ether oxygens (including phenoxy) is 1. The molecular weight excluding hydrogens is 539 g/mol. The van der Waals surface area contributed by atoms with E-state index in [9.17, 15) is 9.18 Å². The predicted molar refractivity (Wildman–Crippen MR) is 151 cm³/mol. The van der Waals surface area contributed by atoms with Gasteiger partial charge in [0.1, 0.15) is 36.9 Å². The van der Waals surface area contributed by atoms with Gasteiger partial charge in [0.25, 0.3) is 0 Å². The number of nitrogens with two attached hydrogens (primary N) is 1.